The number of nitrogens with two attached hydrogens (primary N) is 2. The predicted octanol–water partition coefficient (Wildman–Crippen LogP) is 1.93. The fraction of sp³-hybridized carbons (Fsp3) is 0.0769. The maximum absolute atomic E-state index is 12.1. The van der Waals surface area contributed by atoms with Crippen molar-refractivity contribution in [3.8, 4) is 5.75 Å². The predicted molar refractivity (Wildman–Crippen MR) is 74.3 cm³/mol. The van der Waals surface area contributed by atoms with E-state index in [1.54, 1.807) is 19.1 Å². The molecule has 0 aliphatic heterocycles. The highest BCUT2D eigenvalue weighted by molar-refractivity contribution is 7.87. The third-order valence-electron chi connectivity index (χ3n) is 2.54. The number of benzene rings is 2. The summed E-state index contributed by atoms with van der Waals surface area (Å²) >= 11 is 0. The average molecular weight is 278 g/mol. The second-order valence-electron chi connectivity index (χ2n) is 4.14. The Kier molecular flexibility index (Phi) is 3.35. The lowest BCUT2D eigenvalue weighted by molar-refractivity contribution is 0.486. The molecule has 0 aliphatic carbocycles. The first kappa shape index (κ1) is 13.2. The van der Waals surface area contributed by atoms with Gasteiger partial charge in [-0.2, -0.15) is 8.42 Å². The van der Waals surface area contributed by atoms with Gasteiger partial charge < -0.3 is 15.7 Å². The average Bonchev–Trinajstić information content (AvgIpc) is 2.33. The van der Waals surface area contributed by atoms with Crippen molar-refractivity contribution in [2.24, 2.45) is 0 Å². The molecule has 2 rings (SSSR count). The number of hydrogen-bond acceptors (Lipinski definition) is 5. The van der Waals surface area contributed by atoms with Crippen molar-refractivity contribution in [3.05, 3.63) is 48.0 Å². The van der Waals surface area contributed by atoms with Gasteiger partial charge in [-0.15, -0.1) is 0 Å². The molecular formula is C13H14N2O3S. The van der Waals surface area contributed by atoms with Gasteiger partial charge in [0.1, 0.15) is 10.6 Å². The molecule has 5 nitrogen and oxygen atoms in total. The maximum atomic E-state index is 12.1. The summed E-state index contributed by atoms with van der Waals surface area (Å²) in [6, 6.07) is 10.8. The monoisotopic (exact) mass is 278 g/mol. The fourth-order valence-corrected chi connectivity index (χ4v) is 2.58. The Balaban J connectivity index is 2.33. The van der Waals surface area contributed by atoms with Crippen LogP contribution in [0.15, 0.2) is 47.4 Å². The molecule has 0 bridgehead atoms. The van der Waals surface area contributed by atoms with Crippen molar-refractivity contribution < 1.29 is 12.6 Å². The molecule has 4 N–H and O–H groups in total. The van der Waals surface area contributed by atoms with Crippen LogP contribution < -0.4 is 15.7 Å². The summed E-state index contributed by atoms with van der Waals surface area (Å²) in [6.45, 7) is 1.81. The molecule has 6 heteroatoms. The van der Waals surface area contributed by atoms with Gasteiger partial charge in [0.2, 0.25) is 0 Å². The van der Waals surface area contributed by atoms with Crippen molar-refractivity contribution in [3.63, 3.8) is 0 Å². The smallest absolute Gasteiger partial charge is 0.339 e. The van der Waals surface area contributed by atoms with E-state index in [9.17, 15) is 8.42 Å². The minimum Gasteiger partial charge on any atom is -0.397 e. The van der Waals surface area contributed by atoms with Crippen LogP contribution in [0.3, 0.4) is 0 Å². The maximum Gasteiger partial charge on any atom is 0.339 e. The fourth-order valence-electron chi connectivity index (χ4n) is 1.55. The molecule has 0 saturated carbocycles. The highest BCUT2D eigenvalue weighted by atomic mass is 32.2. The van der Waals surface area contributed by atoms with Gasteiger partial charge in [0.25, 0.3) is 0 Å². The summed E-state index contributed by atoms with van der Waals surface area (Å²) < 4.78 is 29.1. The van der Waals surface area contributed by atoms with Gasteiger partial charge >= 0.3 is 10.1 Å². The lowest BCUT2D eigenvalue weighted by Gasteiger charge is -2.09. The van der Waals surface area contributed by atoms with E-state index in [0.717, 1.165) is 5.56 Å². The molecule has 0 heterocycles. The molecule has 100 valence electrons. The minimum absolute atomic E-state index is 0.0999. The van der Waals surface area contributed by atoms with Crippen LogP contribution in [-0.4, -0.2) is 8.42 Å². The number of nitrogen functional groups attached to an aromatic ring is 2. The van der Waals surface area contributed by atoms with Crippen LogP contribution in [0.25, 0.3) is 0 Å². The molecule has 2 aromatic rings. The minimum atomic E-state index is -3.86. The zero-order chi connectivity index (χ0) is 14.0. The molecular weight excluding hydrogens is 264 g/mol. The Bertz CT molecular complexity index is 712. The molecule has 0 aliphatic rings. The van der Waals surface area contributed by atoms with Crippen LogP contribution in [0, 0.1) is 6.92 Å². The third-order valence-corrected chi connectivity index (χ3v) is 3.79. The summed E-state index contributed by atoms with van der Waals surface area (Å²) in [5.41, 5.74) is 12.6. The first-order chi connectivity index (χ1) is 8.88. The largest absolute Gasteiger partial charge is 0.397 e. The van der Waals surface area contributed by atoms with Crippen molar-refractivity contribution in [2.75, 3.05) is 11.5 Å². The van der Waals surface area contributed by atoms with Crippen LogP contribution in [0.1, 0.15) is 5.56 Å². The Morgan fingerprint density at radius 3 is 2.37 bits per heavy atom. The summed E-state index contributed by atoms with van der Waals surface area (Å²) in [5, 5.41) is 0. The summed E-state index contributed by atoms with van der Waals surface area (Å²) in [7, 11) is -3.86. The number of anilines is 2. The Hall–Kier alpha value is -2.21. The normalized spacial score (nSPS) is 11.2. The zero-order valence-electron chi connectivity index (χ0n) is 10.3. The lowest BCUT2D eigenvalue weighted by atomic mass is 10.2. The molecule has 0 spiro atoms. The van der Waals surface area contributed by atoms with E-state index in [2.05, 4.69) is 0 Å². The van der Waals surface area contributed by atoms with Crippen LogP contribution in [0.5, 0.6) is 5.75 Å². The topological polar surface area (TPSA) is 95.4 Å². The first-order valence-electron chi connectivity index (χ1n) is 5.54. The van der Waals surface area contributed by atoms with E-state index >= 15 is 0 Å². The highest BCUT2D eigenvalue weighted by Gasteiger charge is 2.16. The van der Waals surface area contributed by atoms with Crippen LogP contribution in [0.2, 0.25) is 0 Å². The quantitative estimate of drug-likeness (QED) is 0.660. The van der Waals surface area contributed by atoms with Crippen LogP contribution in [-0.2, 0) is 10.1 Å². The Morgan fingerprint density at radius 2 is 1.74 bits per heavy atom. The van der Waals surface area contributed by atoms with E-state index in [-0.39, 0.29) is 16.3 Å². The second kappa shape index (κ2) is 4.81. The zero-order valence-corrected chi connectivity index (χ0v) is 11.1. The standard InChI is InChI=1S/C13H14N2O3S/c1-9-3-2-4-11(7-9)19(16,17)18-10-5-6-12(14)13(15)8-10/h2-8H,14-15H2,1H3. The van der Waals surface area contributed by atoms with Gasteiger partial charge in [0, 0.05) is 6.07 Å². The Morgan fingerprint density at radius 1 is 1.00 bits per heavy atom. The van der Waals surface area contributed by atoms with E-state index in [4.69, 9.17) is 15.7 Å². The lowest BCUT2D eigenvalue weighted by Crippen LogP contribution is -2.10. The van der Waals surface area contributed by atoms with Gasteiger partial charge in [-0.3, -0.25) is 0 Å². The van der Waals surface area contributed by atoms with Gasteiger partial charge in [-0.1, -0.05) is 12.1 Å². The number of aryl methyl sites for hydroxylation is 1. The number of hydrogen-bond donors (Lipinski definition) is 2. The summed E-state index contributed by atoms with van der Waals surface area (Å²) in [4.78, 5) is 0.0999. The third kappa shape index (κ3) is 2.97. The molecule has 0 saturated heterocycles. The summed E-state index contributed by atoms with van der Waals surface area (Å²) in [6.07, 6.45) is 0. The van der Waals surface area contributed by atoms with Crippen molar-refractivity contribution in [1.29, 1.82) is 0 Å². The van der Waals surface area contributed by atoms with E-state index < -0.39 is 10.1 Å². The van der Waals surface area contributed by atoms with Gasteiger partial charge in [-0.05, 0) is 36.8 Å². The van der Waals surface area contributed by atoms with Crippen molar-refractivity contribution in [1.82, 2.24) is 0 Å². The highest BCUT2D eigenvalue weighted by Crippen LogP contribution is 2.24. The summed E-state index contributed by atoms with van der Waals surface area (Å²) in [5.74, 6) is 0.133. The molecule has 19 heavy (non-hydrogen) atoms. The van der Waals surface area contributed by atoms with E-state index in [1.807, 2.05) is 0 Å². The molecule has 0 amide bonds. The Labute approximate surface area is 111 Å². The van der Waals surface area contributed by atoms with E-state index in [0.29, 0.717) is 5.69 Å². The molecule has 0 fully saturated rings. The first-order valence-corrected chi connectivity index (χ1v) is 6.95. The molecule has 0 radical (unpaired) electrons. The van der Waals surface area contributed by atoms with Gasteiger partial charge in [0.15, 0.2) is 0 Å². The SMILES string of the molecule is Cc1cccc(S(=O)(=O)Oc2ccc(N)c(N)c2)c1. The van der Waals surface area contributed by atoms with Crippen molar-refractivity contribution in [2.45, 2.75) is 11.8 Å². The number of rotatable bonds is 3. The molecule has 0 aromatic heterocycles. The van der Waals surface area contributed by atoms with Crippen LogP contribution >= 0.6 is 0 Å². The van der Waals surface area contributed by atoms with Gasteiger partial charge in [0.05, 0.1) is 11.4 Å². The molecule has 2 aromatic carbocycles. The van der Waals surface area contributed by atoms with Crippen LogP contribution in [0.4, 0.5) is 11.4 Å². The van der Waals surface area contributed by atoms with Gasteiger partial charge in [-0.25, -0.2) is 0 Å². The van der Waals surface area contributed by atoms with E-state index in [1.165, 1.54) is 30.3 Å². The second-order valence-corrected chi connectivity index (χ2v) is 5.69. The molecule has 0 atom stereocenters. The van der Waals surface area contributed by atoms with Crippen molar-refractivity contribution >= 4 is 21.5 Å². The molecule has 0 unspecified atom stereocenters.